The first-order valence-corrected chi connectivity index (χ1v) is 30.5. The third-order valence-electron chi connectivity index (χ3n) is 16.3. The van der Waals surface area contributed by atoms with Crippen molar-refractivity contribution in [2.24, 2.45) is 72.4 Å². The zero-order valence-corrected chi connectivity index (χ0v) is 56.4. The van der Waals surface area contributed by atoms with E-state index >= 15 is 0 Å². The molecule has 0 aromatic rings. The maximum atomic E-state index is 14.0. The Bertz CT molecular complexity index is 2510. The molecule has 4 aliphatic rings. The Kier molecular flexibility index (Phi) is 22.3. The maximum Gasteiger partial charge on any atom is 0.330 e. The number of hydrogen-bond acceptors (Lipinski definition) is 12. The summed E-state index contributed by atoms with van der Waals surface area (Å²) in [5.41, 5.74) is 1.82. The second-order valence-electron chi connectivity index (χ2n) is 32.5. The Morgan fingerprint density at radius 1 is 0.329 bits per heavy atom. The van der Waals surface area contributed by atoms with Gasteiger partial charge in [0.05, 0.1) is 0 Å². The highest BCUT2D eigenvalue weighted by molar-refractivity contribution is 5.84. The molecule has 4 rings (SSSR count). The van der Waals surface area contributed by atoms with Gasteiger partial charge in [-0.25, -0.2) is 19.2 Å². The van der Waals surface area contributed by atoms with E-state index in [2.05, 4.69) is 0 Å². The van der Waals surface area contributed by atoms with E-state index in [1.54, 1.807) is 24.3 Å². The lowest BCUT2D eigenvalue weighted by atomic mass is 9.71. The summed E-state index contributed by atoms with van der Waals surface area (Å²) in [6, 6.07) is 0. The summed E-state index contributed by atoms with van der Waals surface area (Å²) in [6.45, 7) is 46.6. The van der Waals surface area contributed by atoms with E-state index in [0.29, 0.717) is 25.7 Å². The number of carbonyl (C=O) groups excluding carboxylic acids is 4. The van der Waals surface area contributed by atoms with E-state index in [0.717, 1.165) is 44.6 Å². The second kappa shape index (κ2) is 26.5. The van der Waals surface area contributed by atoms with Gasteiger partial charge in [-0.05, 0) is 137 Å². The fourth-order valence-corrected chi connectivity index (χ4v) is 11.1. The molecule has 0 bridgehead atoms. The van der Waals surface area contributed by atoms with Crippen LogP contribution in [0.3, 0.4) is 0 Å². The Balaban J connectivity index is 1.79. The Labute approximate surface area is 511 Å². The molecular weight excluding hydrogens is 1070 g/mol. The lowest BCUT2D eigenvalue weighted by Crippen LogP contribution is -2.43. The summed E-state index contributed by atoms with van der Waals surface area (Å²) in [6.07, 6.45) is 21.9. The molecule has 4 unspecified atom stereocenters. The van der Waals surface area contributed by atoms with Gasteiger partial charge in [-0.1, -0.05) is 215 Å². The van der Waals surface area contributed by atoms with Crippen LogP contribution < -0.4 is 0 Å². The first kappa shape index (κ1) is 71.4. The largest absolute Gasteiger partial charge is 0.508 e. The predicted octanol–water partition coefficient (Wildman–Crippen LogP) is 17.8. The summed E-state index contributed by atoms with van der Waals surface area (Å²) < 4.78 is 24.1. The van der Waals surface area contributed by atoms with Crippen LogP contribution in [-0.4, -0.2) is 70.7 Å². The number of aliphatic hydroxyl groups is 4. The minimum absolute atomic E-state index is 0.261. The van der Waals surface area contributed by atoms with Gasteiger partial charge < -0.3 is 39.4 Å². The van der Waals surface area contributed by atoms with Crippen molar-refractivity contribution in [2.45, 2.75) is 192 Å². The molecular formula is C73H108O12. The zero-order chi connectivity index (χ0) is 65.0. The lowest BCUT2D eigenvalue weighted by molar-refractivity contribution is -0.164. The van der Waals surface area contributed by atoms with Crippen LogP contribution in [0.25, 0.3) is 0 Å². The molecule has 0 spiro atoms. The van der Waals surface area contributed by atoms with Gasteiger partial charge in [0.25, 0.3) is 0 Å². The van der Waals surface area contributed by atoms with Gasteiger partial charge in [-0.3, -0.25) is 0 Å². The van der Waals surface area contributed by atoms with Crippen LogP contribution in [0.15, 0.2) is 141 Å². The number of aliphatic hydroxyl groups excluding tert-OH is 4. The molecule has 0 aliphatic heterocycles. The molecule has 12 heteroatoms. The fourth-order valence-electron chi connectivity index (χ4n) is 11.1. The summed E-state index contributed by atoms with van der Waals surface area (Å²) in [4.78, 5) is 56.1. The highest BCUT2D eigenvalue weighted by atomic mass is 16.6. The third-order valence-corrected chi connectivity index (χ3v) is 16.3. The minimum atomic E-state index is -1.66. The predicted molar refractivity (Wildman–Crippen MR) is 342 cm³/mol. The Morgan fingerprint density at radius 2 is 0.494 bits per heavy atom. The van der Waals surface area contributed by atoms with Gasteiger partial charge in [-0.15, -0.1) is 0 Å². The van der Waals surface area contributed by atoms with E-state index in [1.807, 2.05) is 190 Å². The number of esters is 4. The average Bonchev–Trinajstić information content (AvgIpc) is 1.83. The van der Waals surface area contributed by atoms with Crippen LogP contribution in [0, 0.1) is 72.4 Å². The van der Waals surface area contributed by atoms with Crippen LogP contribution in [0.1, 0.15) is 192 Å². The number of hydrogen-bond donors (Lipinski definition) is 4. The minimum Gasteiger partial charge on any atom is -0.508 e. The molecule has 0 amide bonds. The fraction of sp³-hybridized carbons (Fsp3) is 0.616. The molecule has 472 valence electrons. The van der Waals surface area contributed by atoms with Gasteiger partial charge >= 0.3 is 23.9 Å². The molecule has 0 saturated heterocycles. The van der Waals surface area contributed by atoms with Crippen molar-refractivity contribution in [3.63, 3.8) is 0 Å². The first-order chi connectivity index (χ1) is 38.4. The SMILES string of the molecule is CC(C)(C)C1=CC(C=CC(=O)OCC(COC(=O)C=CC2C=C(C(C)(C)C)C(O)=C(C(C)(C)C)C2)(COC(=O)C=CC2C=C(C(C)(C)C)C(O)=C(C(C)(C)C)C2)COC(=O)C=CC2C=C(C(C)(C)C)C(O)=C(C(C)(C)C)C2)CC(C(C)(C)C)=C1O. The molecule has 4 N–H and O–H groups in total. The highest BCUT2D eigenvalue weighted by Crippen LogP contribution is 2.48. The van der Waals surface area contributed by atoms with Crippen molar-refractivity contribution in [2.75, 3.05) is 26.4 Å². The molecule has 0 aromatic carbocycles. The summed E-state index contributed by atoms with van der Waals surface area (Å²) in [5, 5.41) is 45.8. The van der Waals surface area contributed by atoms with Crippen LogP contribution in [0.5, 0.6) is 0 Å². The van der Waals surface area contributed by atoms with E-state index in [4.69, 9.17) is 18.9 Å². The number of allylic oxidation sites excluding steroid dienone is 16. The van der Waals surface area contributed by atoms with Crippen molar-refractivity contribution in [1.29, 1.82) is 0 Å². The Hall–Kier alpha value is -6.04. The monoisotopic (exact) mass is 1180 g/mol. The van der Waals surface area contributed by atoms with Crippen molar-refractivity contribution in [3.8, 4) is 0 Å². The quantitative estimate of drug-likeness (QED) is 0.0652. The van der Waals surface area contributed by atoms with Gasteiger partial charge in [0.2, 0.25) is 0 Å². The summed E-state index contributed by atoms with van der Waals surface area (Å²) in [7, 11) is 0. The van der Waals surface area contributed by atoms with Gasteiger partial charge in [-0.2, -0.15) is 0 Å². The zero-order valence-electron chi connectivity index (χ0n) is 56.4. The molecule has 0 saturated carbocycles. The van der Waals surface area contributed by atoms with E-state index in [1.165, 1.54) is 24.3 Å². The lowest BCUT2D eigenvalue weighted by Gasteiger charge is -2.35. The molecule has 0 heterocycles. The molecule has 12 nitrogen and oxygen atoms in total. The maximum absolute atomic E-state index is 14.0. The first-order valence-electron chi connectivity index (χ1n) is 30.5. The second-order valence-corrected chi connectivity index (χ2v) is 32.5. The molecule has 0 aromatic heterocycles. The van der Waals surface area contributed by atoms with E-state index < -0.39 is 77.4 Å². The molecule has 4 aliphatic carbocycles. The van der Waals surface area contributed by atoms with Crippen LogP contribution in [0.4, 0.5) is 0 Å². The van der Waals surface area contributed by atoms with Crippen LogP contribution in [0.2, 0.25) is 0 Å². The molecule has 0 fully saturated rings. The van der Waals surface area contributed by atoms with Crippen molar-refractivity contribution < 1.29 is 58.6 Å². The normalized spacial score (nSPS) is 22.0. The molecule has 0 radical (unpaired) electrons. The summed E-state index contributed by atoms with van der Waals surface area (Å²) in [5.74, 6) is -3.04. The molecule has 4 atom stereocenters. The van der Waals surface area contributed by atoms with Crippen LogP contribution >= 0.6 is 0 Å². The Morgan fingerprint density at radius 3 is 0.635 bits per heavy atom. The van der Waals surface area contributed by atoms with Gasteiger partial charge in [0.1, 0.15) is 54.9 Å². The van der Waals surface area contributed by atoms with Gasteiger partial charge in [0, 0.05) is 24.3 Å². The number of rotatable bonds is 16. The number of carbonyl (C=O) groups is 4. The summed E-state index contributed by atoms with van der Waals surface area (Å²) >= 11 is 0. The third kappa shape index (κ3) is 20.0. The average molecular weight is 1180 g/mol. The standard InChI is InChI=1S/C73H108O12/c1-65(2,3)49-33-45(34-50(61(49)78)66(4,5)6)25-29-57(74)82-41-73(42-83-58(75)30-26-46-35-51(67(7,8)9)62(79)52(36-46)68(10,11)12,43-84-59(76)31-27-47-37-53(69(13,14)15)63(80)54(38-47)70(16,17)18)44-85-60(77)32-28-48-39-55(71(19,20)21)64(81)56(40-48)72(22,23)24/h25-33,35,37,39,45-48,78-81H,34,36,38,40-44H2,1-24H3. The highest BCUT2D eigenvalue weighted by Gasteiger charge is 2.40. The van der Waals surface area contributed by atoms with E-state index in [-0.39, 0.29) is 68.4 Å². The van der Waals surface area contributed by atoms with Crippen molar-refractivity contribution >= 4 is 23.9 Å². The number of ether oxygens (including phenoxy) is 4. The van der Waals surface area contributed by atoms with Crippen LogP contribution in [-0.2, 0) is 38.1 Å². The van der Waals surface area contributed by atoms with Crippen molar-refractivity contribution in [1.82, 2.24) is 0 Å². The van der Waals surface area contributed by atoms with E-state index in [9.17, 15) is 39.6 Å². The van der Waals surface area contributed by atoms with Crippen molar-refractivity contribution in [3.05, 3.63) is 141 Å². The van der Waals surface area contributed by atoms with Gasteiger partial charge in [0.15, 0.2) is 0 Å². The molecule has 85 heavy (non-hydrogen) atoms. The topological polar surface area (TPSA) is 186 Å². The smallest absolute Gasteiger partial charge is 0.330 e.